The van der Waals surface area contributed by atoms with Crippen LogP contribution in [0.4, 0.5) is 9.93 Å². The van der Waals surface area contributed by atoms with Crippen LogP contribution in [0.2, 0.25) is 0 Å². The molecule has 6 nitrogen and oxygen atoms in total. The molecule has 7 heteroatoms. The minimum Gasteiger partial charge on any atom is -0.480 e. The first-order valence-electron chi connectivity index (χ1n) is 6.77. The van der Waals surface area contributed by atoms with Gasteiger partial charge in [-0.3, -0.25) is 5.32 Å². The molecule has 2 atom stereocenters. The average Bonchev–Trinajstić information content (AvgIpc) is 3.16. The van der Waals surface area contributed by atoms with Crippen LogP contribution in [0.3, 0.4) is 0 Å². The summed E-state index contributed by atoms with van der Waals surface area (Å²) in [6, 6.07) is -1.41. The van der Waals surface area contributed by atoms with Gasteiger partial charge in [-0.2, -0.15) is 0 Å². The number of hydrogen-bond acceptors (Lipinski definition) is 4. The molecule has 0 aliphatic heterocycles. The molecule has 0 saturated heterocycles. The van der Waals surface area contributed by atoms with Crippen LogP contribution in [0.25, 0.3) is 0 Å². The first-order valence-corrected chi connectivity index (χ1v) is 7.65. The molecule has 1 aromatic heterocycles. The van der Waals surface area contributed by atoms with Gasteiger partial charge in [-0.05, 0) is 18.8 Å². The van der Waals surface area contributed by atoms with E-state index in [4.69, 9.17) is 5.11 Å². The summed E-state index contributed by atoms with van der Waals surface area (Å²) < 4.78 is 0. The van der Waals surface area contributed by atoms with E-state index in [9.17, 15) is 9.59 Å². The largest absolute Gasteiger partial charge is 0.480 e. The predicted molar refractivity (Wildman–Crippen MR) is 77.1 cm³/mol. The minimum atomic E-state index is -1.02. The molecule has 2 rings (SSSR count). The number of amides is 2. The van der Waals surface area contributed by atoms with E-state index in [-0.39, 0.29) is 5.92 Å². The molecule has 1 aliphatic rings. The second-order valence-electron chi connectivity index (χ2n) is 5.15. The molecular weight excluding hydrogens is 278 g/mol. The number of anilines is 1. The number of aromatic nitrogens is 1. The number of carbonyl (C=O) groups excluding carboxylic acids is 1. The van der Waals surface area contributed by atoms with Gasteiger partial charge in [0.1, 0.15) is 6.04 Å². The summed E-state index contributed by atoms with van der Waals surface area (Å²) in [5, 5.41) is 16.7. The summed E-state index contributed by atoms with van der Waals surface area (Å²) in [4.78, 5) is 27.3. The molecule has 1 fully saturated rings. The Morgan fingerprint density at radius 1 is 1.55 bits per heavy atom. The van der Waals surface area contributed by atoms with E-state index in [0.29, 0.717) is 17.5 Å². The quantitative estimate of drug-likeness (QED) is 0.752. The van der Waals surface area contributed by atoms with E-state index in [0.717, 1.165) is 18.5 Å². The third-order valence-corrected chi connectivity index (χ3v) is 4.28. The Balaban J connectivity index is 1.91. The number of thiazole rings is 1. The zero-order valence-electron chi connectivity index (χ0n) is 11.5. The average molecular weight is 297 g/mol. The Hall–Kier alpha value is -1.63. The molecule has 3 N–H and O–H groups in total. The topological polar surface area (TPSA) is 91.3 Å². The summed E-state index contributed by atoms with van der Waals surface area (Å²) in [5.41, 5.74) is 1.02. The van der Waals surface area contributed by atoms with Gasteiger partial charge in [0.2, 0.25) is 0 Å². The molecule has 0 bridgehead atoms. The van der Waals surface area contributed by atoms with Crippen molar-refractivity contribution in [2.45, 2.75) is 45.1 Å². The van der Waals surface area contributed by atoms with Crippen molar-refractivity contribution in [3.05, 3.63) is 11.1 Å². The van der Waals surface area contributed by atoms with Crippen molar-refractivity contribution < 1.29 is 14.7 Å². The van der Waals surface area contributed by atoms with Gasteiger partial charge >= 0.3 is 12.0 Å². The van der Waals surface area contributed by atoms with Crippen LogP contribution in [-0.2, 0) is 4.79 Å². The van der Waals surface area contributed by atoms with Crippen molar-refractivity contribution in [2.24, 2.45) is 5.92 Å². The molecule has 2 amide bonds. The Labute approximate surface area is 121 Å². The normalized spacial score (nSPS) is 17.3. The third kappa shape index (κ3) is 3.69. The van der Waals surface area contributed by atoms with Gasteiger partial charge in [0.25, 0.3) is 0 Å². The number of aliphatic carboxylic acids is 1. The Morgan fingerprint density at radius 3 is 2.80 bits per heavy atom. The highest BCUT2D eigenvalue weighted by Gasteiger charge is 2.27. The van der Waals surface area contributed by atoms with Crippen molar-refractivity contribution in [1.29, 1.82) is 0 Å². The fraction of sp³-hybridized carbons (Fsp3) is 0.615. The number of nitrogens with one attached hydrogen (secondary N) is 2. The summed E-state index contributed by atoms with van der Waals surface area (Å²) in [7, 11) is 0. The van der Waals surface area contributed by atoms with Crippen LogP contribution >= 0.6 is 11.3 Å². The number of urea groups is 1. The second kappa shape index (κ2) is 6.21. The lowest BCUT2D eigenvalue weighted by atomic mass is 10.00. The fourth-order valence-electron chi connectivity index (χ4n) is 1.87. The molecule has 20 heavy (non-hydrogen) atoms. The van der Waals surface area contributed by atoms with E-state index in [2.05, 4.69) is 15.6 Å². The van der Waals surface area contributed by atoms with E-state index in [1.54, 1.807) is 6.92 Å². The molecule has 1 aliphatic carbocycles. The van der Waals surface area contributed by atoms with Crippen LogP contribution in [0.1, 0.15) is 44.7 Å². The third-order valence-electron chi connectivity index (χ3n) is 3.50. The highest BCUT2D eigenvalue weighted by atomic mass is 32.1. The van der Waals surface area contributed by atoms with Gasteiger partial charge in [-0.15, -0.1) is 11.3 Å². The standard InChI is InChI=1S/C13H19N3O3S/c1-3-7(2)10(11(17)18)15-12(19)16-13-14-9(6-20-13)8-4-5-8/h6-8,10H,3-5H2,1-2H3,(H,17,18)(H2,14,15,16,19). The van der Waals surface area contributed by atoms with Crippen molar-refractivity contribution in [1.82, 2.24) is 10.3 Å². The van der Waals surface area contributed by atoms with E-state index >= 15 is 0 Å². The zero-order chi connectivity index (χ0) is 14.7. The van der Waals surface area contributed by atoms with E-state index in [1.807, 2.05) is 12.3 Å². The van der Waals surface area contributed by atoms with Crippen molar-refractivity contribution in [3.63, 3.8) is 0 Å². The van der Waals surface area contributed by atoms with Crippen LogP contribution in [0, 0.1) is 5.92 Å². The predicted octanol–water partition coefficient (Wildman–Crippen LogP) is 2.64. The molecular formula is C13H19N3O3S. The van der Waals surface area contributed by atoms with Gasteiger partial charge in [0, 0.05) is 11.3 Å². The fourth-order valence-corrected chi connectivity index (χ4v) is 2.65. The van der Waals surface area contributed by atoms with E-state index in [1.165, 1.54) is 11.3 Å². The lowest BCUT2D eigenvalue weighted by Crippen LogP contribution is -2.46. The number of carboxylic acids is 1. The van der Waals surface area contributed by atoms with Crippen LogP contribution in [-0.4, -0.2) is 28.1 Å². The molecule has 0 radical (unpaired) electrons. The summed E-state index contributed by atoms with van der Waals surface area (Å²) >= 11 is 1.37. The number of carboxylic acid groups (broad SMARTS) is 1. The second-order valence-corrected chi connectivity index (χ2v) is 6.01. The Morgan fingerprint density at radius 2 is 2.25 bits per heavy atom. The summed E-state index contributed by atoms with van der Waals surface area (Å²) in [6.07, 6.45) is 3.00. The smallest absolute Gasteiger partial charge is 0.326 e. The van der Waals surface area contributed by atoms with Crippen molar-refractivity contribution in [2.75, 3.05) is 5.32 Å². The van der Waals surface area contributed by atoms with Crippen molar-refractivity contribution in [3.8, 4) is 0 Å². The van der Waals surface area contributed by atoms with Gasteiger partial charge in [0.05, 0.1) is 5.69 Å². The van der Waals surface area contributed by atoms with Crippen LogP contribution in [0.5, 0.6) is 0 Å². The van der Waals surface area contributed by atoms with Gasteiger partial charge < -0.3 is 10.4 Å². The Bertz CT molecular complexity index is 499. The molecule has 0 spiro atoms. The zero-order valence-corrected chi connectivity index (χ0v) is 12.4. The SMILES string of the molecule is CCC(C)C(NC(=O)Nc1nc(C2CC2)cs1)C(=O)O. The lowest BCUT2D eigenvalue weighted by Gasteiger charge is -2.19. The number of carbonyl (C=O) groups is 2. The number of rotatable bonds is 6. The van der Waals surface area contributed by atoms with Crippen LogP contribution in [0.15, 0.2) is 5.38 Å². The van der Waals surface area contributed by atoms with Gasteiger partial charge in [-0.1, -0.05) is 20.3 Å². The van der Waals surface area contributed by atoms with Gasteiger partial charge in [-0.25, -0.2) is 14.6 Å². The van der Waals surface area contributed by atoms with Gasteiger partial charge in [0.15, 0.2) is 5.13 Å². The molecule has 1 heterocycles. The lowest BCUT2D eigenvalue weighted by molar-refractivity contribution is -0.140. The maximum atomic E-state index is 11.8. The molecule has 110 valence electrons. The van der Waals surface area contributed by atoms with Crippen molar-refractivity contribution >= 4 is 28.5 Å². The number of hydrogen-bond donors (Lipinski definition) is 3. The first-order chi connectivity index (χ1) is 9.51. The first kappa shape index (κ1) is 14.8. The van der Waals surface area contributed by atoms with Crippen LogP contribution < -0.4 is 10.6 Å². The highest BCUT2D eigenvalue weighted by molar-refractivity contribution is 7.13. The highest BCUT2D eigenvalue weighted by Crippen LogP contribution is 2.40. The summed E-state index contributed by atoms with van der Waals surface area (Å²) in [6.45, 7) is 3.69. The summed E-state index contributed by atoms with van der Waals surface area (Å²) in [5.74, 6) is -0.611. The molecule has 1 saturated carbocycles. The number of nitrogens with zero attached hydrogens (tertiary/aromatic N) is 1. The Kier molecular flexibility index (Phi) is 4.59. The maximum Gasteiger partial charge on any atom is 0.326 e. The molecule has 0 aromatic carbocycles. The van der Waals surface area contributed by atoms with E-state index < -0.39 is 18.0 Å². The maximum absolute atomic E-state index is 11.8. The molecule has 1 aromatic rings. The molecule has 2 unspecified atom stereocenters. The minimum absolute atomic E-state index is 0.128. The monoisotopic (exact) mass is 297 g/mol.